The number of nitrogens with one attached hydrogen (secondary N) is 1. The number of carbonyl (C=O) groups excluding carboxylic acids is 1. The minimum absolute atomic E-state index is 0.182. The van der Waals surface area contributed by atoms with Crippen molar-refractivity contribution in [2.45, 2.75) is 12.5 Å². The van der Waals surface area contributed by atoms with Crippen LogP contribution in [-0.4, -0.2) is 36.8 Å². The summed E-state index contributed by atoms with van der Waals surface area (Å²) < 4.78 is 16.2. The lowest BCUT2D eigenvalue weighted by Crippen LogP contribution is -2.24. The average molecular weight is 421 g/mol. The molecule has 0 fully saturated rings. The Morgan fingerprint density at radius 3 is 2.26 bits per heavy atom. The lowest BCUT2D eigenvalue weighted by molar-refractivity contribution is -0.148. The molecule has 0 aliphatic rings. The maximum absolute atomic E-state index is 12.2. The quantitative estimate of drug-likeness (QED) is 0.511. The van der Waals surface area contributed by atoms with Crippen molar-refractivity contribution in [3.8, 4) is 17.2 Å². The molecule has 7 nitrogen and oxygen atoms in total. The molecule has 0 aromatic heterocycles. The van der Waals surface area contributed by atoms with E-state index in [1.54, 1.807) is 48.5 Å². The summed E-state index contributed by atoms with van der Waals surface area (Å²) in [6, 6.07) is 23.3. The van der Waals surface area contributed by atoms with E-state index in [9.17, 15) is 9.59 Å². The molecule has 0 heterocycles. The predicted octanol–water partition coefficient (Wildman–Crippen LogP) is 4.14. The van der Waals surface area contributed by atoms with Crippen molar-refractivity contribution in [3.05, 3.63) is 84.4 Å². The molecule has 3 aromatic carbocycles. The maximum atomic E-state index is 12.2. The smallest absolute Gasteiger partial charge is 0.333 e. The number of carboxylic acids is 1. The first kappa shape index (κ1) is 21.9. The van der Waals surface area contributed by atoms with Gasteiger partial charge in [-0.1, -0.05) is 30.3 Å². The van der Waals surface area contributed by atoms with Gasteiger partial charge in [-0.3, -0.25) is 4.79 Å². The van der Waals surface area contributed by atoms with Crippen LogP contribution in [0.3, 0.4) is 0 Å². The van der Waals surface area contributed by atoms with Crippen LogP contribution >= 0.6 is 0 Å². The van der Waals surface area contributed by atoms with Crippen LogP contribution in [0.1, 0.15) is 5.56 Å². The van der Waals surface area contributed by atoms with Crippen molar-refractivity contribution >= 4 is 17.6 Å². The molecule has 0 radical (unpaired) electrons. The van der Waals surface area contributed by atoms with Crippen LogP contribution in [0.5, 0.6) is 17.2 Å². The molecule has 160 valence electrons. The number of hydrogen-bond acceptors (Lipinski definition) is 5. The van der Waals surface area contributed by atoms with Crippen molar-refractivity contribution in [2.24, 2.45) is 0 Å². The van der Waals surface area contributed by atoms with Gasteiger partial charge in [-0.25, -0.2) is 4.79 Å². The van der Waals surface area contributed by atoms with Gasteiger partial charge in [-0.05, 0) is 54.1 Å². The molecule has 0 saturated heterocycles. The molecule has 3 rings (SSSR count). The number of benzene rings is 3. The summed E-state index contributed by atoms with van der Waals surface area (Å²) in [4.78, 5) is 23.3. The van der Waals surface area contributed by atoms with Gasteiger partial charge in [-0.15, -0.1) is 0 Å². The normalized spacial score (nSPS) is 11.4. The van der Waals surface area contributed by atoms with E-state index in [2.05, 4.69) is 5.32 Å². The van der Waals surface area contributed by atoms with E-state index >= 15 is 0 Å². The highest BCUT2D eigenvalue weighted by Crippen LogP contribution is 2.22. The Morgan fingerprint density at radius 1 is 0.903 bits per heavy atom. The van der Waals surface area contributed by atoms with Gasteiger partial charge in [0, 0.05) is 19.2 Å². The molecule has 31 heavy (non-hydrogen) atoms. The van der Waals surface area contributed by atoms with Gasteiger partial charge >= 0.3 is 5.97 Å². The Hall–Kier alpha value is -3.84. The fourth-order valence-corrected chi connectivity index (χ4v) is 2.82. The molecule has 0 aliphatic heterocycles. The number of para-hydroxylation sites is 1. The lowest BCUT2D eigenvalue weighted by Gasteiger charge is -2.12. The van der Waals surface area contributed by atoms with E-state index in [-0.39, 0.29) is 18.9 Å². The highest BCUT2D eigenvalue weighted by atomic mass is 16.5. The summed E-state index contributed by atoms with van der Waals surface area (Å²) in [5, 5.41) is 11.9. The largest absolute Gasteiger partial charge is 0.484 e. The van der Waals surface area contributed by atoms with Crippen LogP contribution in [0.15, 0.2) is 78.9 Å². The number of ether oxygens (including phenoxy) is 3. The van der Waals surface area contributed by atoms with E-state index in [0.717, 1.165) is 11.3 Å². The van der Waals surface area contributed by atoms with E-state index in [1.807, 2.05) is 30.3 Å². The number of carboxylic acid groups (broad SMARTS) is 1. The molecule has 7 heteroatoms. The Balaban J connectivity index is 1.50. The first-order valence-electron chi connectivity index (χ1n) is 9.63. The molecular weight excluding hydrogens is 398 g/mol. The monoisotopic (exact) mass is 421 g/mol. The van der Waals surface area contributed by atoms with Crippen molar-refractivity contribution in [1.82, 2.24) is 0 Å². The number of amides is 1. The molecule has 0 saturated carbocycles. The zero-order valence-electron chi connectivity index (χ0n) is 17.0. The number of methoxy groups -OCH3 is 1. The molecule has 0 aliphatic carbocycles. The molecule has 0 bridgehead atoms. The van der Waals surface area contributed by atoms with Crippen LogP contribution in [-0.2, 0) is 20.7 Å². The summed E-state index contributed by atoms with van der Waals surface area (Å²) in [5.41, 5.74) is 1.35. The first-order valence-corrected chi connectivity index (χ1v) is 9.63. The van der Waals surface area contributed by atoms with Gasteiger partial charge in [0.2, 0.25) is 0 Å². The minimum Gasteiger partial charge on any atom is -0.484 e. The van der Waals surface area contributed by atoms with E-state index < -0.39 is 12.1 Å². The number of anilines is 1. The van der Waals surface area contributed by atoms with Crippen LogP contribution in [0.2, 0.25) is 0 Å². The second kappa shape index (κ2) is 10.8. The van der Waals surface area contributed by atoms with Gasteiger partial charge < -0.3 is 24.6 Å². The molecule has 1 unspecified atom stereocenters. The third kappa shape index (κ3) is 6.87. The fourth-order valence-electron chi connectivity index (χ4n) is 2.82. The Morgan fingerprint density at radius 2 is 1.58 bits per heavy atom. The predicted molar refractivity (Wildman–Crippen MR) is 116 cm³/mol. The highest BCUT2D eigenvalue weighted by molar-refractivity contribution is 5.91. The maximum Gasteiger partial charge on any atom is 0.333 e. The van der Waals surface area contributed by atoms with Crippen LogP contribution in [0.4, 0.5) is 5.69 Å². The molecule has 0 spiro atoms. The van der Waals surface area contributed by atoms with E-state index in [4.69, 9.17) is 19.3 Å². The van der Waals surface area contributed by atoms with Crippen molar-refractivity contribution in [1.29, 1.82) is 0 Å². The van der Waals surface area contributed by atoms with Gasteiger partial charge in [0.15, 0.2) is 12.7 Å². The van der Waals surface area contributed by atoms with E-state index in [1.165, 1.54) is 7.11 Å². The standard InChI is InChI=1S/C24H23NO6/c1-29-22(24(27)28)15-17-6-5-9-21(14-17)30-16-23(26)25-18-10-12-20(13-11-18)31-19-7-3-2-4-8-19/h2-14,22H,15-16H2,1H3,(H,25,26)(H,27,28). The van der Waals surface area contributed by atoms with Crippen LogP contribution in [0.25, 0.3) is 0 Å². The van der Waals surface area contributed by atoms with Gasteiger partial charge in [-0.2, -0.15) is 0 Å². The first-order chi connectivity index (χ1) is 15.0. The molecule has 3 aromatic rings. The lowest BCUT2D eigenvalue weighted by atomic mass is 10.1. The van der Waals surface area contributed by atoms with Crippen molar-refractivity contribution in [2.75, 3.05) is 19.0 Å². The van der Waals surface area contributed by atoms with Crippen LogP contribution < -0.4 is 14.8 Å². The molecular formula is C24H23NO6. The minimum atomic E-state index is -1.03. The van der Waals surface area contributed by atoms with Gasteiger partial charge in [0.05, 0.1) is 0 Å². The summed E-state index contributed by atoms with van der Waals surface area (Å²) in [5.74, 6) is 0.512. The van der Waals surface area contributed by atoms with Gasteiger partial charge in [0.25, 0.3) is 5.91 Å². The zero-order chi connectivity index (χ0) is 22.1. The molecule has 1 atom stereocenters. The van der Waals surface area contributed by atoms with Gasteiger partial charge in [0.1, 0.15) is 17.2 Å². The Bertz CT molecular complexity index is 1000. The number of rotatable bonds is 10. The van der Waals surface area contributed by atoms with Crippen molar-refractivity contribution < 1.29 is 28.9 Å². The average Bonchev–Trinajstić information content (AvgIpc) is 2.78. The number of hydrogen-bond donors (Lipinski definition) is 2. The van der Waals surface area contributed by atoms with Crippen LogP contribution in [0, 0.1) is 0 Å². The molecule has 2 N–H and O–H groups in total. The fraction of sp³-hybridized carbons (Fsp3) is 0.167. The summed E-state index contributed by atoms with van der Waals surface area (Å²) in [6.07, 6.45) is -0.737. The topological polar surface area (TPSA) is 94.1 Å². The number of carbonyl (C=O) groups is 2. The third-order valence-corrected chi connectivity index (χ3v) is 4.37. The summed E-state index contributed by atoms with van der Waals surface area (Å²) >= 11 is 0. The second-order valence-electron chi connectivity index (χ2n) is 6.69. The summed E-state index contributed by atoms with van der Waals surface area (Å²) in [6.45, 7) is -0.182. The Kier molecular flexibility index (Phi) is 7.61. The zero-order valence-corrected chi connectivity index (χ0v) is 17.0. The molecule has 1 amide bonds. The number of aliphatic carboxylic acids is 1. The SMILES string of the molecule is COC(Cc1cccc(OCC(=O)Nc2ccc(Oc3ccccc3)cc2)c1)C(=O)O. The Labute approximate surface area is 180 Å². The summed E-state index contributed by atoms with van der Waals surface area (Å²) in [7, 11) is 1.35. The van der Waals surface area contributed by atoms with Crippen molar-refractivity contribution in [3.63, 3.8) is 0 Å². The van der Waals surface area contributed by atoms with E-state index in [0.29, 0.717) is 17.2 Å². The highest BCUT2D eigenvalue weighted by Gasteiger charge is 2.17. The second-order valence-corrected chi connectivity index (χ2v) is 6.69. The third-order valence-electron chi connectivity index (χ3n) is 4.37.